The molecule has 0 aliphatic carbocycles. The monoisotopic (exact) mass is 416 g/mol. The Morgan fingerprint density at radius 1 is 1.10 bits per heavy atom. The molecule has 0 spiro atoms. The topological polar surface area (TPSA) is 77.4 Å². The van der Waals surface area contributed by atoms with Crippen molar-refractivity contribution in [2.24, 2.45) is 7.05 Å². The summed E-state index contributed by atoms with van der Waals surface area (Å²) in [7, 11) is -0.163. The Balaban J connectivity index is 1.81. The molecule has 0 saturated heterocycles. The van der Waals surface area contributed by atoms with Crippen LogP contribution in [0.3, 0.4) is 0 Å². The number of rotatable bonds is 7. The van der Waals surface area contributed by atoms with Gasteiger partial charge in [-0.2, -0.15) is 0 Å². The van der Waals surface area contributed by atoms with Gasteiger partial charge < -0.3 is 9.30 Å². The number of sulfonamides is 1. The van der Waals surface area contributed by atoms with Crippen molar-refractivity contribution in [3.8, 4) is 5.75 Å². The van der Waals surface area contributed by atoms with E-state index in [0.29, 0.717) is 22.6 Å². The number of hydrogen-bond donors (Lipinski definition) is 1. The highest BCUT2D eigenvalue weighted by Gasteiger charge is 2.16. The van der Waals surface area contributed by atoms with Crippen molar-refractivity contribution in [3.05, 3.63) is 82.9 Å². The highest BCUT2D eigenvalue weighted by atomic mass is 32.2. The minimum absolute atomic E-state index is 0.144. The lowest BCUT2D eigenvalue weighted by atomic mass is 10.1. The molecule has 152 valence electrons. The van der Waals surface area contributed by atoms with Gasteiger partial charge in [-0.1, -0.05) is 6.07 Å². The van der Waals surface area contributed by atoms with Gasteiger partial charge in [0.1, 0.15) is 11.6 Å². The van der Waals surface area contributed by atoms with Gasteiger partial charge in [-0.15, -0.1) is 0 Å². The first-order valence-electron chi connectivity index (χ1n) is 8.77. The standard InChI is InChI=1S/C21H21FN2O4S/c1-24-17(12-15-4-7-16(13-19(15)22)23-29(3,26)27)8-11-20(24)21(25)14-5-9-18(28-2)10-6-14/h4-11,13,23H,12H2,1-3H3. The zero-order chi connectivity index (χ0) is 21.2. The van der Waals surface area contributed by atoms with E-state index in [2.05, 4.69) is 4.72 Å². The number of nitrogens with one attached hydrogen (secondary N) is 1. The van der Waals surface area contributed by atoms with E-state index < -0.39 is 15.8 Å². The number of methoxy groups -OCH3 is 1. The van der Waals surface area contributed by atoms with Crippen LogP contribution in [0.5, 0.6) is 5.75 Å². The van der Waals surface area contributed by atoms with Crippen LogP contribution in [-0.4, -0.2) is 32.1 Å². The number of hydrogen-bond acceptors (Lipinski definition) is 4. The Labute approximate surface area is 169 Å². The second kappa shape index (κ2) is 8.08. The summed E-state index contributed by atoms with van der Waals surface area (Å²) in [5.74, 6) is -0.00383. The Bertz CT molecular complexity index is 1150. The molecule has 0 fully saturated rings. The number of carbonyl (C=O) groups excluding carboxylic acids is 1. The van der Waals surface area contributed by atoms with Crippen molar-refractivity contribution < 1.29 is 22.3 Å². The third-order valence-corrected chi connectivity index (χ3v) is 5.14. The van der Waals surface area contributed by atoms with Crippen molar-refractivity contribution in [1.29, 1.82) is 0 Å². The number of benzene rings is 2. The third-order valence-electron chi connectivity index (χ3n) is 4.54. The van der Waals surface area contributed by atoms with E-state index >= 15 is 0 Å². The van der Waals surface area contributed by atoms with Gasteiger partial charge in [0, 0.05) is 24.7 Å². The van der Waals surface area contributed by atoms with E-state index in [-0.39, 0.29) is 17.9 Å². The molecule has 3 aromatic rings. The smallest absolute Gasteiger partial charge is 0.229 e. The fraction of sp³-hybridized carbons (Fsp3) is 0.190. The molecule has 1 heterocycles. The van der Waals surface area contributed by atoms with Crippen molar-refractivity contribution in [1.82, 2.24) is 4.57 Å². The molecule has 6 nitrogen and oxygen atoms in total. The predicted octanol–water partition coefficient (Wildman–Crippen LogP) is 3.37. The number of halogens is 1. The lowest BCUT2D eigenvalue weighted by Crippen LogP contribution is -2.11. The zero-order valence-corrected chi connectivity index (χ0v) is 17.1. The molecule has 0 atom stereocenters. The number of ether oxygens (including phenoxy) is 1. The highest BCUT2D eigenvalue weighted by Crippen LogP contribution is 2.21. The largest absolute Gasteiger partial charge is 0.497 e. The molecule has 0 unspecified atom stereocenters. The summed E-state index contributed by atoms with van der Waals surface area (Å²) in [5.41, 5.74) is 2.33. The molecule has 0 amide bonds. The third kappa shape index (κ3) is 4.83. The second-order valence-electron chi connectivity index (χ2n) is 6.68. The van der Waals surface area contributed by atoms with Gasteiger partial charge in [-0.05, 0) is 54.1 Å². The van der Waals surface area contributed by atoms with Gasteiger partial charge in [-0.3, -0.25) is 9.52 Å². The average molecular weight is 416 g/mol. The maximum Gasteiger partial charge on any atom is 0.229 e. The maximum atomic E-state index is 14.4. The molecule has 8 heteroatoms. The van der Waals surface area contributed by atoms with Gasteiger partial charge >= 0.3 is 0 Å². The van der Waals surface area contributed by atoms with Crippen LogP contribution in [0.15, 0.2) is 54.6 Å². The molecule has 0 bridgehead atoms. The van der Waals surface area contributed by atoms with Crippen molar-refractivity contribution in [2.75, 3.05) is 18.1 Å². The van der Waals surface area contributed by atoms with Crippen molar-refractivity contribution >= 4 is 21.5 Å². The fourth-order valence-corrected chi connectivity index (χ4v) is 3.57. The summed E-state index contributed by atoms with van der Waals surface area (Å²) >= 11 is 0. The lowest BCUT2D eigenvalue weighted by Gasteiger charge is -2.10. The SMILES string of the molecule is COc1ccc(C(=O)c2ccc(Cc3ccc(NS(C)(=O)=O)cc3F)n2C)cc1. The van der Waals surface area contributed by atoms with Crippen LogP contribution < -0.4 is 9.46 Å². The van der Waals surface area contributed by atoms with Gasteiger partial charge in [0.15, 0.2) is 0 Å². The molecule has 3 rings (SSSR count). The molecule has 0 aliphatic heterocycles. The average Bonchev–Trinajstić information content (AvgIpc) is 3.02. The Morgan fingerprint density at radius 3 is 2.38 bits per heavy atom. The quantitative estimate of drug-likeness (QED) is 0.599. The summed E-state index contributed by atoms with van der Waals surface area (Å²) in [6.45, 7) is 0. The van der Waals surface area contributed by atoms with E-state index in [0.717, 1.165) is 18.0 Å². The molecule has 1 N–H and O–H groups in total. The van der Waals surface area contributed by atoms with Crippen LogP contribution in [0.25, 0.3) is 0 Å². The van der Waals surface area contributed by atoms with Crippen LogP contribution in [0.2, 0.25) is 0 Å². The van der Waals surface area contributed by atoms with Crippen LogP contribution in [0.1, 0.15) is 27.3 Å². The number of carbonyl (C=O) groups is 1. The Morgan fingerprint density at radius 2 is 1.79 bits per heavy atom. The van der Waals surface area contributed by atoms with E-state index in [4.69, 9.17) is 4.74 Å². The van der Waals surface area contributed by atoms with E-state index in [9.17, 15) is 17.6 Å². The van der Waals surface area contributed by atoms with Crippen LogP contribution in [-0.2, 0) is 23.5 Å². The minimum atomic E-state index is -3.48. The van der Waals surface area contributed by atoms with Crippen LogP contribution in [0.4, 0.5) is 10.1 Å². The number of nitrogens with zero attached hydrogens (tertiary/aromatic N) is 1. The second-order valence-corrected chi connectivity index (χ2v) is 8.43. The van der Waals surface area contributed by atoms with Gasteiger partial charge in [0.05, 0.1) is 24.7 Å². The van der Waals surface area contributed by atoms with E-state index in [1.165, 1.54) is 12.1 Å². The van der Waals surface area contributed by atoms with E-state index in [1.807, 2.05) is 0 Å². The van der Waals surface area contributed by atoms with Gasteiger partial charge in [-0.25, -0.2) is 12.8 Å². The molecule has 29 heavy (non-hydrogen) atoms. The Hall–Kier alpha value is -3.13. The number of anilines is 1. The first-order valence-corrected chi connectivity index (χ1v) is 10.7. The van der Waals surface area contributed by atoms with Gasteiger partial charge in [0.25, 0.3) is 0 Å². The molecule has 2 aromatic carbocycles. The summed E-state index contributed by atoms with van der Waals surface area (Å²) < 4.78 is 46.1. The maximum absolute atomic E-state index is 14.4. The Kier molecular flexibility index (Phi) is 5.74. The molecular weight excluding hydrogens is 395 g/mol. The summed E-state index contributed by atoms with van der Waals surface area (Å²) in [4.78, 5) is 12.8. The molecule has 0 radical (unpaired) electrons. The summed E-state index contributed by atoms with van der Waals surface area (Å²) in [6.07, 6.45) is 1.27. The van der Waals surface area contributed by atoms with E-state index in [1.54, 1.807) is 55.1 Å². The van der Waals surface area contributed by atoms with Gasteiger partial charge in [0.2, 0.25) is 15.8 Å². The molecular formula is C21H21FN2O4S. The van der Waals surface area contributed by atoms with Crippen LogP contribution >= 0.6 is 0 Å². The predicted molar refractivity (Wildman–Crippen MR) is 110 cm³/mol. The normalized spacial score (nSPS) is 11.3. The van der Waals surface area contributed by atoms with Crippen LogP contribution in [0, 0.1) is 5.82 Å². The molecule has 0 aliphatic rings. The number of aromatic nitrogens is 1. The van der Waals surface area contributed by atoms with Crippen molar-refractivity contribution in [3.63, 3.8) is 0 Å². The molecule has 0 saturated carbocycles. The summed E-state index contributed by atoms with van der Waals surface area (Å²) in [6, 6.07) is 14.5. The number of ketones is 1. The fourth-order valence-electron chi connectivity index (χ4n) is 3.01. The highest BCUT2D eigenvalue weighted by molar-refractivity contribution is 7.92. The summed E-state index contributed by atoms with van der Waals surface area (Å²) in [5, 5.41) is 0. The minimum Gasteiger partial charge on any atom is -0.497 e. The van der Waals surface area contributed by atoms with Crippen molar-refractivity contribution in [2.45, 2.75) is 6.42 Å². The lowest BCUT2D eigenvalue weighted by molar-refractivity contribution is 0.103. The first kappa shape index (κ1) is 20.6. The molecule has 1 aromatic heterocycles. The first-order chi connectivity index (χ1) is 13.7. The zero-order valence-electron chi connectivity index (χ0n) is 16.3.